The average Bonchev–Trinajstić information content (AvgIpc) is 2.73. The lowest BCUT2D eigenvalue weighted by molar-refractivity contribution is -0.128. The van der Waals surface area contributed by atoms with E-state index in [0.717, 1.165) is 10.8 Å². The number of benzene rings is 3. The molecule has 2 amide bonds. The molecule has 0 spiro atoms. The molecule has 0 aliphatic heterocycles. The van der Waals surface area contributed by atoms with E-state index in [4.69, 9.17) is 4.74 Å². The van der Waals surface area contributed by atoms with Crippen LogP contribution in [-0.2, 0) is 9.59 Å². The monoisotopic (exact) mass is 402 g/mol. The molecule has 0 aromatic heterocycles. The molecule has 3 aromatic carbocycles. The number of carbonyl (C=O) groups is 2. The molecular formula is C25H26N2O3. The van der Waals surface area contributed by atoms with Crippen molar-refractivity contribution in [2.24, 2.45) is 5.41 Å². The van der Waals surface area contributed by atoms with Gasteiger partial charge < -0.3 is 15.4 Å². The molecule has 0 fully saturated rings. The second-order valence-corrected chi connectivity index (χ2v) is 7.98. The van der Waals surface area contributed by atoms with Crippen molar-refractivity contribution in [3.8, 4) is 5.75 Å². The highest BCUT2D eigenvalue weighted by Gasteiger charge is 2.24. The standard InChI is InChI=1S/C25H26N2O3/c1-25(2,3)24(29)27-21(16-18-11-6-8-15-22(18)30-4)23(28)26-20-14-9-12-17-10-5-7-13-19(17)20/h5-16H,1-4H3,(H,26,28)(H,27,29)/b21-16+. The molecule has 3 rings (SSSR count). The third-order valence-corrected chi connectivity index (χ3v) is 4.65. The minimum absolute atomic E-state index is 0.146. The van der Waals surface area contributed by atoms with Crippen molar-refractivity contribution >= 4 is 34.4 Å². The first kappa shape index (κ1) is 21.1. The van der Waals surface area contributed by atoms with Gasteiger partial charge in [0, 0.05) is 22.1 Å². The van der Waals surface area contributed by atoms with E-state index < -0.39 is 11.3 Å². The third-order valence-electron chi connectivity index (χ3n) is 4.65. The highest BCUT2D eigenvalue weighted by Crippen LogP contribution is 2.25. The van der Waals surface area contributed by atoms with Crippen LogP contribution in [0.1, 0.15) is 26.3 Å². The van der Waals surface area contributed by atoms with Crippen LogP contribution < -0.4 is 15.4 Å². The predicted octanol–water partition coefficient (Wildman–Crippen LogP) is 4.99. The van der Waals surface area contributed by atoms with E-state index in [1.54, 1.807) is 40.0 Å². The molecule has 5 heteroatoms. The molecule has 3 aromatic rings. The third kappa shape index (κ3) is 4.87. The Morgan fingerprint density at radius 2 is 1.57 bits per heavy atom. The van der Waals surface area contributed by atoms with Crippen LogP contribution in [0.5, 0.6) is 5.75 Å². The number of methoxy groups -OCH3 is 1. The van der Waals surface area contributed by atoms with Crippen LogP contribution in [0.4, 0.5) is 5.69 Å². The van der Waals surface area contributed by atoms with Gasteiger partial charge in [-0.1, -0.05) is 75.4 Å². The van der Waals surface area contributed by atoms with Gasteiger partial charge in [0.25, 0.3) is 5.91 Å². The summed E-state index contributed by atoms with van der Waals surface area (Å²) in [5, 5.41) is 7.66. The van der Waals surface area contributed by atoms with Crippen molar-refractivity contribution in [1.82, 2.24) is 5.32 Å². The Bertz CT molecular complexity index is 1110. The molecule has 0 aliphatic carbocycles. The highest BCUT2D eigenvalue weighted by molar-refractivity contribution is 6.12. The van der Waals surface area contributed by atoms with Crippen LogP contribution in [0.15, 0.2) is 72.4 Å². The first-order valence-electron chi connectivity index (χ1n) is 9.75. The number of carbonyl (C=O) groups excluding carboxylic acids is 2. The van der Waals surface area contributed by atoms with Gasteiger partial charge in [-0.3, -0.25) is 9.59 Å². The van der Waals surface area contributed by atoms with Gasteiger partial charge in [0.05, 0.1) is 7.11 Å². The normalized spacial score (nSPS) is 11.8. The number of amides is 2. The number of hydrogen-bond acceptors (Lipinski definition) is 3. The summed E-state index contributed by atoms with van der Waals surface area (Å²) in [6.07, 6.45) is 1.63. The summed E-state index contributed by atoms with van der Waals surface area (Å²) in [7, 11) is 1.57. The Morgan fingerprint density at radius 1 is 0.900 bits per heavy atom. The Hall–Kier alpha value is -3.60. The molecule has 0 aliphatic rings. The highest BCUT2D eigenvalue weighted by atomic mass is 16.5. The fraction of sp³-hybridized carbons (Fsp3) is 0.200. The zero-order valence-electron chi connectivity index (χ0n) is 17.7. The van der Waals surface area contributed by atoms with Crippen molar-refractivity contribution in [1.29, 1.82) is 0 Å². The molecular weight excluding hydrogens is 376 g/mol. The summed E-state index contributed by atoms with van der Waals surface area (Å²) in [6, 6.07) is 20.8. The van der Waals surface area contributed by atoms with Crippen molar-refractivity contribution in [3.05, 3.63) is 78.0 Å². The lowest BCUT2D eigenvalue weighted by Crippen LogP contribution is -2.38. The second kappa shape index (κ2) is 8.82. The molecule has 30 heavy (non-hydrogen) atoms. The van der Waals surface area contributed by atoms with E-state index in [9.17, 15) is 9.59 Å². The molecule has 0 radical (unpaired) electrons. The average molecular weight is 402 g/mol. The van der Waals surface area contributed by atoms with E-state index in [-0.39, 0.29) is 11.6 Å². The number of fused-ring (bicyclic) bond motifs is 1. The minimum atomic E-state index is -0.653. The summed E-state index contributed by atoms with van der Waals surface area (Å²) in [5.41, 5.74) is 0.859. The Kier molecular flexibility index (Phi) is 6.21. The quantitative estimate of drug-likeness (QED) is 0.591. The van der Waals surface area contributed by atoms with Gasteiger partial charge in [-0.15, -0.1) is 0 Å². The first-order chi connectivity index (χ1) is 14.3. The van der Waals surface area contributed by atoms with Gasteiger partial charge in [0.2, 0.25) is 5.91 Å². The topological polar surface area (TPSA) is 67.4 Å². The smallest absolute Gasteiger partial charge is 0.272 e. The molecule has 0 heterocycles. The van der Waals surface area contributed by atoms with Crippen molar-refractivity contribution in [2.45, 2.75) is 20.8 Å². The molecule has 0 saturated carbocycles. The minimum Gasteiger partial charge on any atom is -0.496 e. The summed E-state index contributed by atoms with van der Waals surface area (Å²) >= 11 is 0. The number of hydrogen-bond donors (Lipinski definition) is 2. The SMILES string of the molecule is COc1ccccc1/C=C(/NC(=O)C(C)(C)C)C(=O)Nc1cccc2ccccc12. The maximum Gasteiger partial charge on any atom is 0.272 e. The second-order valence-electron chi connectivity index (χ2n) is 7.98. The molecule has 0 unspecified atom stereocenters. The molecule has 0 saturated heterocycles. The number of nitrogens with one attached hydrogen (secondary N) is 2. The van der Waals surface area contributed by atoms with Crippen molar-refractivity contribution < 1.29 is 14.3 Å². The summed E-state index contributed by atoms with van der Waals surface area (Å²) in [4.78, 5) is 25.8. The molecule has 154 valence electrons. The van der Waals surface area contributed by atoms with E-state index in [1.807, 2.05) is 60.7 Å². The molecule has 0 atom stereocenters. The van der Waals surface area contributed by atoms with Gasteiger partial charge in [-0.25, -0.2) is 0 Å². The maximum atomic E-state index is 13.2. The molecule has 0 bridgehead atoms. The number of anilines is 1. The van der Waals surface area contributed by atoms with Gasteiger partial charge >= 0.3 is 0 Å². The van der Waals surface area contributed by atoms with E-state index >= 15 is 0 Å². The van der Waals surface area contributed by atoms with Crippen LogP contribution in [0.3, 0.4) is 0 Å². The zero-order valence-corrected chi connectivity index (χ0v) is 17.7. The lowest BCUT2D eigenvalue weighted by Gasteiger charge is -2.20. The Balaban J connectivity index is 1.99. The van der Waals surface area contributed by atoms with Crippen molar-refractivity contribution in [2.75, 3.05) is 12.4 Å². The van der Waals surface area contributed by atoms with E-state index in [1.165, 1.54) is 0 Å². The van der Waals surface area contributed by atoms with Gasteiger partial charge in [0.1, 0.15) is 11.4 Å². The molecule has 2 N–H and O–H groups in total. The number of rotatable bonds is 5. The van der Waals surface area contributed by atoms with Gasteiger partial charge in [0.15, 0.2) is 0 Å². The van der Waals surface area contributed by atoms with E-state index in [2.05, 4.69) is 10.6 Å². The van der Waals surface area contributed by atoms with Crippen LogP contribution in [0.2, 0.25) is 0 Å². The lowest BCUT2D eigenvalue weighted by atomic mass is 9.95. The summed E-state index contributed by atoms with van der Waals surface area (Å²) in [6.45, 7) is 5.39. The Morgan fingerprint density at radius 3 is 2.30 bits per heavy atom. The van der Waals surface area contributed by atoms with Crippen LogP contribution in [-0.4, -0.2) is 18.9 Å². The Labute approximate surface area is 176 Å². The fourth-order valence-corrected chi connectivity index (χ4v) is 2.93. The largest absolute Gasteiger partial charge is 0.496 e. The predicted molar refractivity (Wildman–Crippen MR) is 121 cm³/mol. The number of para-hydroxylation sites is 1. The van der Waals surface area contributed by atoms with Gasteiger partial charge in [-0.2, -0.15) is 0 Å². The first-order valence-corrected chi connectivity index (χ1v) is 9.75. The van der Waals surface area contributed by atoms with Crippen molar-refractivity contribution in [3.63, 3.8) is 0 Å². The zero-order chi connectivity index (χ0) is 21.7. The molecule has 5 nitrogen and oxygen atoms in total. The fourth-order valence-electron chi connectivity index (χ4n) is 2.93. The van der Waals surface area contributed by atoms with Crippen LogP contribution in [0, 0.1) is 5.41 Å². The van der Waals surface area contributed by atoms with E-state index in [0.29, 0.717) is 17.0 Å². The van der Waals surface area contributed by atoms with Gasteiger partial charge in [-0.05, 0) is 23.6 Å². The number of ether oxygens (including phenoxy) is 1. The summed E-state index contributed by atoms with van der Waals surface area (Å²) in [5.74, 6) is -0.0513. The summed E-state index contributed by atoms with van der Waals surface area (Å²) < 4.78 is 5.39. The maximum absolute atomic E-state index is 13.2. The van der Waals surface area contributed by atoms with Crippen LogP contribution in [0.25, 0.3) is 16.8 Å². The van der Waals surface area contributed by atoms with Crippen LogP contribution >= 0.6 is 0 Å².